The summed E-state index contributed by atoms with van der Waals surface area (Å²) in [5.41, 5.74) is 1.73. The fourth-order valence-electron chi connectivity index (χ4n) is 1.73. The molecular weight excluding hydrogens is 295 g/mol. The molecule has 0 aliphatic rings. The molecule has 0 atom stereocenters. The van der Waals surface area contributed by atoms with E-state index in [1.165, 1.54) is 12.1 Å². The van der Waals surface area contributed by atoms with Crippen LogP contribution < -0.4 is 5.32 Å². The van der Waals surface area contributed by atoms with Gasteiger partial charge in [-0.2, -0.15) is 0 Å². The van der Waals surface area contributed by atoms with Crippen molar-refractivity contribution in [1.82, 2.24) is 4.90 Å². The zero-order chi connectivity index (χ0) is 14.5. The number of rotatable bonds is 3. The Morgan fingerprint density at radius 3 is 2.60 bits per heavy atom. The smallest absolute Gasteiger partial charge is 0.173 e. The maximum atomic E-state index is 13.1. The van der Waals surface area contributed by atoms with Gasteiger partial charge in [0, 0.05) is 24.3 Å². The van der Waals surface area contributed by atoms with Crippen molar-refractivity contribution < 1.29 is 4.39 Å². The lowest BCUT2D eigenvalue weighted by atomic mass is 10.2. The van der Waals surface area contributed by atoms with Crippen molar-refractivity contribution in [3.63, 3.8) is 0 Å². The molecule has 1 N–H and O–H groups in total. The molecule has 0 aromatic heterocycles. The van der Waals surface area contributed by atoms with Gasteiger partial charge in [0.15, 0.2) is 5.11 Å². The van der Waals surface area contributed by atoms with Crippen molar-refractivity contribution in [3.05, 3.63) is 64.9 Å². The Hall–Kier alpha value is -1.65. The third-order valence-electron chi connectivity index (χ3n) is 2.75. The number of nitrogens with zero attached hydrogens (tertiary/aromatic N) is 1. The summed E-state index contributed by atoms with van der Waals surface area (Å²) < 4.78 is 13.1. The number of benzene rings is 2. The van der Waals surface area contributed by atoms with E-state index in [9.17, 15) is 4.39 Å². The minimum atomic E-state index is -0.243. The molecule has 2 aromatic carbocycles. The standard InChI is InChI=1S/C15H14ClFN2S/c1-19(10-11-3-2-4-13(17)9-11)15(20)18-14-7-5-12(16)6-8-14/h2-9H,10H2,1H3,(H,18,20). The molecule has 0 fully saturated rings. The van der Waals surface area contributed by atoms with Gasteiger partial charge in [-0.3, -0.25) is 0 Å². The second-order valence-electron chi connectivity index (χ2n) is 4.42. The van der Waals surface area contributed by atoms with E-state index in [1.807, 2.05) is 30.1 Å². The summed E-state index contributed by atoms with van der Waals surface area (Å²) in [4.78, 5) is 1.85. The topological polar surface area (TPSA) is 15.3 Å². The number of hydrogen-bond acceptors (Lipinski definition) is 1. The summed E-state index contributed by atoms with van der Waals surface area (Å²) >= 11 is 11.1. The van der Waals surface area contributed by atoms with Crippen LogP contribution in [0.4, 0.5) is 10.1 Å². The third kappa shape index (κ3) is 4.18. The average Bonchev–Trinajstić information content (AvgIpc) is 2.41. The first-order valence-corrected chi connectivity index (χ1v) is 6.85. The predicted octanol–water partition coefficient (Wildman–Crippen LogP) is 4.31. The fraction of sp³-hybridized carbons (Fsp3) is 0.133. The van der Waals surface area contributed by atoms with Crippen molar-refractivity contribution in [3.8, 4) is 0 Å². The molecule has 0 radical (unpaired) electrons. The van der Waals surface area contributed by atoms with E-state index in [2.05, 4.69) is 5.32 Å². The highest BCUT2D eigenvalue weighted by Gasteiger charge is 2.06. The molecule has 0 aliphatic carbocycles. The van der Waals surface area contributed by atoms with E-state index in [1.54, 1.807) is 18.2 Å². The van der Waals surface area contributed by atoms with Crippen LogP contribution in [-0.4, -0.2) is 17.1 Å². The number of hydrogen-bond donors (Lipinski definition) is 1. The summed E-state index contributed by atoms with van der Waals surface area (Å²) in [7, 11) is 1.86. The molecule has 0 heterocycles. The summed E-state index contributed by atoms with van der Waals surface area (Å²) in [6, 6.07) is 13.8. The van der Waals surface area contributed by atoms with Crippen molar-refractivity contribution >= 4 is 34.6 Å². The van der Waals surface area contributed by atoms with Crippen LogP contribution in [0.15, 0.2) is 48.5 Å². The van der Waals surface area contributed by atoms with Crippen molar-refractivity contribution in [2.75, 3.05) is 12.4 Å². The Morgan fingerprint density at radius 2 is 1.95 bits per heavy atom. The molecule has 0 amide bonds. The number of anilines is 1. The monoisotopic (exact) mass is 308 g/mol. The number of thiocarbonyl (C=S) groups is 1. The molecule has 20 heavy (non-hydrogen) atoms. The Labute approximate surface area is 128 Å². The van der Waals surface area contributed by atoms with E-state index in [4.69, 9.17) is 23.8 Å². The van der Waals surface area contributed by atoms with E-state index < -0.39 is 0 Å². The maximum Gasteiger partial charge on any atom is 0.173 e. The van der Waals surface area contributed by atoms with Gasteiger partial charge >= 0.3 is 0 Å². The van der Waals surface area contributed by atoms with Crippen LogP contribution in [-0.2, 0) is 6.54 Å². The Kier molecular flexibility index (Phi) is 4.93. The van der Waals surface area contributed by atoms with Crippen molar-refractivity contribution in [2.45, 2.75) is 6.54 Å². The molecule has 2 aromatic rings. The molecule has 104 valence electrons. The summed E-state index contributed by atoms with van der Waals surface area (Å²) in [6.45, 7) is 0.539. The van der Waals surface area contributed by atoms with Crippen molar-refractivity contribution in [2.24, 2.45) is 0 Å². The minimum Gasteiger partial charge on any atom is -0.348 e. The highest BCUT2D eigenvalue weighted by Crippen LogP contribution is 2.14. The second kappa shape index (κ2) is 6.68. The van der Waals surface area contributed by atoms with Crippen LogP contribution in [0.25, 0.3) is 0 Å². The fourth-order valence-corrected chi connectivity index (χ4v) is 2.04. The quantitative estimate of drug-likeness (QED) is 0.851. The first-order chi connectivity index (χ1) is 9.54. The van der Waals surface area contributed by atoms with Crippen molar-refractivity contribution in [1.29, 1.82) is 0 Å². The van der Waals surface area contributed by atoms with Gasteiger partial charge in [-0.05, 0) is 54.2 Å². The highest BCUT2D eigenvalue weighted by atomic mass is 35.5. The Bertz CT molecular complexity index is 601. The number of halogens is 2. The van der Waals surface area contributed by atoms with Crippen LogP contribution >= 0.6 is 23.8 Å². The summed E-state index contributed by atoms with van der Waals surface area (Å²) in [5.74, 6) is -0.243. The van der Waals surface area contributed by atoms with Gasteiger partial charge in [0.1, 0.15) is 5.82 Å². The number of nitrogens with one attached hydrogen (secondary N) is 1. The first kappa shape index (κ1) is 14.8. The predicted molar refractivity (Wildman–Crippen MR) is 85.5 cm³/mol. The summed E-state index contributed by atoms with van der Waals surface area (Å²) in [5, 5.41) is 4.35. The third-order valence-corrected chi connectivity index (χ3v) is 3.42. The van der Waals surface area contributed by atoms with E-state index in [0.717, 1.165) is 11.3 Å². The minimum absolute atomic E-state index is 0.243. The normalized spacial score (nSPS) is 10.2. The van der Waals surface area contributed by atoms with Gasteiger partial charge in [0.25, 0.3) is 0 Å². The van der Waals surface area contributed by atoms with Crippen LogP contribution in [0.1, 0.15) is 5.56 Å². The van der Waals surface area contributed by atoms with Crippen LogP contribution in [0, 0.1) is 5.82 Å². The maximum absolute atomic E-state index is 13.1. The SMILES string of the molecule is CN(Cc1cccc(F)c1)C(=S)Nc1ccc(Cl)cc1. The van der Waals surface area contributed by atoms with Gasteiger partial charge < -0.3 is 10.2 Å². The molecular formula is C15H14ClFN2S. The van der Waals surface area contributed by atoms with Gasteiger partial charge in [0.05, 0.1) is 0 Å². The van der Waals surface area contributed by atoms with E-state index >= 15 is 0 Å². The van der Waals surface area contributed by atoms with Gasteiger partial charge in [-0.1, -0.05) is 23.7 Å². The van der Waals surface area contributed by atoms with E-state index in [0.29, 0.717) is 16.7 Å². The molecule has 0 saturated heterocycles. The average molecular weight is 309 g/mol. The molecule has 0 aliphatic heterocycles. The molecule has 0 saturated carbocycles. The summed E-state index contributed by atoms with van der Waals surface area (Å²) in [6.07, 6.45) is 0. The highest BCUT2D eigenvalue weighted by molar-refractivity contribution is 7.80. The zero-order valence-corrected chi connectivity index (χ0v) is 12.5. The zero-order valence-electron chi connectivity index (χ0n) is 10.9. The molecule has 0 unspecified atom stereocenters. The lowest BCUT2D eigenvalue weighted by Crippen LogP contribution is -2.30. The first-order valence-electron chi connectivity index (χ1n) is 6.07. The molecule has 0 spiro atoms. The van der Waals surface area contributed by atoms with Crippen LogP contribution in [0.3, 0.4) is 0 Å². The van der Waals surface area contributed by atoms with Gasteiger partial charge in [0.2, 0.25) is 0 Å². The van der Waals surface area contributed by atoms with Crippen LogP contribution in [0.5, 0.6) is 0 Å². The lowest BCUT2D eigenvalue weighted by Gasteiger charge is -2.21. The Morgan fingerprint density at radius 1 is 1.25 bits per heavy atom. The van der Waals surface area contributed by atoms with Gasteiger partial charge in [-0.25, -0.2) is 4.39 Å². The van der Waals surface area contributed by atoms with Gasteiger partial charge in [-0.15, -0.1) is 0 Å². The second-order valence-corrected chi connectivity index (χ2v) is 5.25. The molecule has 5 heteroatoms. The largest absolute Gasteiger partial charge is 0.348 e. The van der Waals surface area contributed by atoms with Crippen LogP contribution in [0.2, 0.25) is 5.02 Å². The molecule has 2 rings (SSSR count). The van der Waals surface area contributed by atoms with E-state index in [-0.39, 0.29) is 5.82 Å². The molecule has 0 bridgehead atoms. The molecule has 2 nitrogen and oxygen atoms in total. The lowest BCUT2D eigenvalue weighted by molar-refractivity contribution is 0.505. The Balaban J connectivity index is 1.96.